The van der Waals surface area contributed by atoms with Gasteiger partial charge in [0.15, 0.2) is 0 Å². The minimum absolute atomic E-state index is 0.525. The Labute approximate surface area is 66.6 Å². The lowest BCUT2D eigenvalue weighted by Gasteiger charge is -1.96. The van der Waals surface area contributed by atoms with Gasteiger partial charge >= 0.3 is 0 Å². The first-order valence-electron chi connectivity index (χ1n) is 3.87. The zero-order valence-electron chi connectivity index (χ0n) is 7.56. The third-order valence-corrected chi connectivity index (χ3v) is 1.30. The second-order valence-corrected chi connectivity index (χ2v) is 2.30. The Balaban J connectivity index is 2.77. The van der Waals surface area contributed by atoms with E-state index >= 15 is 0 Å². The van der Waals surface area contributed by atoms with Gasteiger partial charge in [0.25, 0.3) is 0 Å². The van der Waals surface area contributed by atoms with Gasteiger partial charge in [-0.15, -0.1) is 0 Å². The average Bonchev–Trinajstić information content (AvgIpc) is 1.82. The topological polar surface area (TPSA) is 24.9 Å². The van der Waals surface area contributed by atoms with Crippen LogP contribution < -0.4 is 5.32 Å². The van der Waals surface area contributed by atoms with Gasteiger partial charge < -0.3 is 5.32 Å². The second kappa shape index (κ2) is 2.82. The van der Waals surface area contributed by atoms with Crippen LogP contribution in [0.15, 0.2) is 22.9 Å². The Kier molecular flexibility index (Phi) is 1.12. The maximum Gasteiger partial charge on any atom is 0.108 e. The van der Waals surface area contributed by atoms with Crippen molar-refractivity contribution >= 4 is 21.6 Å². The molecule has 0 atom stereocenters. The summed E-state index contributed by atoms with van der Waals surface area (Å²) < 4.78 is 21.4. The van der Waals surface area contributed by atoms with Crippen LogP contribution in [0, 0.1) is 0 Å². The number of hydrogen-bond donors (Lipinski definition) is 1. The maximum absolute atomic E-state index is 6.93. The van der Waals surface area contributed by atoms with Crippen LogP contribution in [0.2, 0.25) is 0 Å². The summed E-state index contributed by atoms with van der Waals surface area (Å²) in [5, 5.41) is 2.35. The van der Waals surface area contributed by atoms with Crippen LogP contribution in [0.5, 0.6) is 0 Å². The Morgan fingerprint density at radius 3 is 3.44 bits per heavy atom. The molecule has 0 bridgehead atoms. The van der Waals surface area contributed by atoms with E-state index in [9.17, 15) is 0 Å². The van der Waals surface area contributed by atoms with Crippen molar-refractivity contribution in [1.29, 1.82) is 0 Å². The van der Waals surface area contributed by atoms with Gasteiger partial charge in [0.2, 0.25) is 0 Å². The minimum atomic E-state index is -2.15. The summed E-state index contributed by atoms with van der Waals surface area (Å²) in [6.45, 7) is -2.15. The number of nitrogens with zero attached hydrogens (tertiary/aromatic N) is 1. The Morgan fingerprint density at radius 1 is 1.89 bits per heavy atom. The summed E-state index contributed by atoms with van der Waals surface area (Å²) in [7, 11) is 0. The van der Waals surface area contributed by atoms with Crippen LogP contribution >= 0.6 is 15.9 Å². The standard InChI is InChI=1S/C6H7BrN2/c1-8-5-2-3-9-6(7)4-5/h2-4H,1H3,(H,8,9)/i1D3. The first-order valence-corrected chi connectivity index (χ1v) is 3.16. The largest absolute Gasteiger partial charge is 0.388 e. The summed E-state index contributed by atoms with van der Waals surface area (Å²) in [6.07, 6.45) is 1.53. The number of rotatable bonds is 1. The lowest BCUT2D eigenvalue weighted by atomic mass is 10.4. The molecule has 9 heavy (non-hydrogen) atoms. The predicted octanol–water partition coefficient (Wildman–Crippen LogP) is 1.89. The van der Waals surface area contributed by atoms with Crippen molar-refractivity contribution in [3.05, 3.63) is 22.9 Å². The molecule has 48 valence electrons. The van der Waals surface area contributed by atoms with Gasteiger partial charge in [-0.2, -0.15) is 0 Å². The predicted molar refractivity (Wildman–Crippen MR) is 41.5 cm³/mol. The molecule has 0 radical (unpaired) electrons. The fourth-order valence-electron chi connectivity index (χ4n) is 0.480. The maximum atomic E-state index is 6.93. The molecule has 0 amide bonds. The molecule has 2 nitrogen and oxygen atoms in total. The molecule has 0 saturated carbocycles. The van der Waals surface area contributed by atoms with E-state index in [0.717, 1.165) is 0 Å². The van der Waals surface area contributed by atoms with Crippen LogP contribution in [-0.2, 0) is 0 Å². The second-order valence-electron chi connectivity index (χ2n) is 1.49. The van der Waals surface area contributed by atoms with Gasteiger partial charge in [0.05, 0.1) is 0 Å². The zero-order chi connectivity index (χ0) is 9.19. The van der Waals surface area contributed by atoms with Crippen molar-refractivity contribution in [3.63, 3.8) is 0 Å². The molecule has 0 spiro atoms. The quantitative estimate of drug-likeness (QED) is 0.684. The SMILES string of the molecule is [2H]C([2H])([2H])Nc1ccnc(Br)c1. The number of hydrogen-bond acceptors (Lipinski definition) is 2. The van der Waals surface area contributed by atoms with Crippen LogP contribution in [0.25, 0.3) is 0 Å². The van der Waals surface area contributed by atoms with Crippen LogP contribution in [0.1, 0.15) is 4.11 Å². The molecule has 3 heteroatoms. The van der Waals surface area contributed by atoms with Gasteiger partial charge in [-0.1, -0.05) is 0 Å². The highest BCUT2D eigenvalue weighted by Gasteiger charge is 1.87. The molecule has 0 aliphatic heterocycles. The van der Waals surface area contributed by atoms with Crippen LogP contribution in [-0.4, -0.2) is 12.0 Å². The number of anilines is 1. The Morgan fingerprint density at radius 2 is 2.78 bits per heavy atom. The lowest BCUT2D eigenvalue weighted by molar-refractivity contribution is 1.27. The van der Waals surface area contributed by atoms with E-state index in [1.54, 1.807) is 12.1 Å². The summed E-state index contributed by atoms with van der Waals surface area (Å²) in [5.74, 6) is 0. The molecule has 1 N–H and O–H groups in total. The van der Waals surface area contributed by atoms with E-state index in [1.165, 1.54) is 6.20 Å². The van der Waals surface area contributed by atoms with E-state index in [0.29, 0.717) is 10.3 Å². The lowest BCUT2D eigenvalue weighted by Crippen LogP contribution is -1.87. The van der Waals surface area contributed by atoms with Gasteiger partial charge in [-0.25, -0.2) is 4.98 Å². The average molecular weight is 190 g/mol. The van der Waals surface area contributed by atoms with Crippen molar-refractivity contribution in [2.75, 3.05) is 12.3 Å². The van der Waals surface area contributed by atoms with Gasteiger partial charge in [0.1, 0.15) is 4.60 Å². The van der Waals surface area contributed by atoms with Crippen molar-refractivity contribution in [3.8, 4) is 0 Å². The summed E-state index contributed by atoms with van der Waals surface area (Å²) in [4.78, 5) is 3.86. The number of halogens is 1. The van der Waals surface area contributed by atoms with E-state index in [1.807, 2.05) is 0 Å². The molecular formula is C6H7BrN2. The van der Waals surface area contributed by atoms with Crippen LogP contribution in [0.3, 0.4) is 0 Å². The van der Waals surface area contributed by atoms with Gasteiger partial charge in [0, 0.05) is 23.0 Å². The monoisotopic (exact) mass is 189 g/mol. The molecule has 0 aliphatic rings. The number of aromatic nitrogens is 1. The van der Waals surface area contributed by atoms with Crippen molar-refractivity contribution in [2.45, 2.75) is 0 Å². The third kappa shape index (κ3) is 1.68. The summed E-state index contributed by atoms with van der Waals surface area (Å²) >= 11 is 3.13. The van der Waals surface area contributed by atoms with E-state index < -0.39 is 6.98 Å². The first kappa shape index (κ1) is 3.56. The van der Waals surface area contributed by atoms with Crippen molar-refractivity contribution < 1.29 is 4.11 Å². The fraction of sp³-hybridized carbons (Fsp3) is 0.167. The third-order valence-electron chi connectivity index (χ3n) is 0.871. The number of pyridine rings is 1. The molecule has 0 fully saturated rings. The zero-order valence-corrected chi connectivity index (χ0v) is 6.14. The summed E-state index contributed by atoms with van der Waals surface area (Å²) in [6, 6.07) is 3.20. The molecule has 1 rings (SSSR count). The normalized spacial score (nSPS) is 15.4. The minimum Gasteiger partial charge on any atom is -0.388 e. The van der Waals surface area contributed by atoms with E-state index in [2.05, 4.69) is 26.2 Å². The van der Waals surface area contributed by atoms with E-state index in [4.69, 9.17) is 4.11 Å². The molecule has 1 aromatic heterocycles. The van der Waals surface area contributed by atoms with Gasteiger partial charge in [-0.05, 0) is 28.1 Å². The van der Waals surface area contributed by atoms with Crippen molar-refractivity contribution in [1.82, 2.24) is 4.98 Å². The van der Waals surface area contributed by atoms with Crippen LogP contribution in [0.4, 0.5) is 5.69 Å². The molecule has 0 aromatic carbocycles. The highest BCUT2D eigenvalue weighted by atomic mass is 79.9. The van der Waals surface area contributed by atoms with Crippen molar-refractivity contribution in [2.24, 2.45) is 0 Å². The summed E-state index contributed by atoms with van der Waals surface area (Å²) in [5.41, 5.74) is 0.525. The molecule has 0 unspecified atom stereocenters. The Bertz CT molecular complexity index is 274. The first-order chi connectivity index (χ1) is 5.47. The Hall–Kier alpha value is -0.570. The highest BCUT2D eigenvalue weighted by molar-refractivity contribution is 9.10. The molecule has 0 aliphatic carbocycles. The molecule has 0 saturated heterocycles. The smallest absolute Gasteiger partial charge is 0.108 e. The highest BCUT2D eigenvalue weighted by Crippen LogP contribution is 2.10. The number of nitrogens with one attached hydrogen (secondary N) is 1. The molecule has 1 heterocycles. The fourth-order valence-corrected chi connectivity index (χ4v) is 0.845. The molecule has 1 aromatic rings. The molecular weight excluding hydrogens is 180 g/mol. The van der Waals surface area contributed by atoms with Gasteiger partial charge in [-0.3, -0.25) is 0 Å². The van der Waals surface area contributed by atoms with E-state index in [-0.39, 0.29) is 0 Å².